The number of halogens is 1. The lowest BCUT2D eigenvalue weighted by atomic mass is 9.45. The maximum atomic E-state index is 14.4. The first kappa shape index (κ1) is 41.3. The van der Waals surface area contributed by atoms with Gasteiger partial charge in [-0.1, -0.05) is 51.5 Å². The number of Topliss-reactive ketones (excluding diaryl/α,β-unsaturated/α-hetero) is 1. The van der Waals surface area contributed by atoms with E-state index in [4.69, 9.17) is 25.8 Å². The Hall–Kier alpha value is -3.90. The number of esters is 1. The molecule has 1 aromatic carbocycles. The number of alkyl carbamates (subject to hydrolysis) is 1. The molecule has 8 atom stereocenters. The molecule has 0 spiro atoms. The van der Waals surface area contributed by atoms with Crippen LogP contribution in [0.15, 0.2) is 48.1 Å². The van der Waals surface area contributed by atoms with Crippen LogP contribution in [0.2, 0.25) is 0 Å². The largest absolute Gasteiger partial charge is 0.450 e. The van der Waals surface area contributed by atoms with E-state index in [1.165, 1.54) is 11.0 Å². The predicted molar refractivity (Wildman–Crippen MR) is 204 cm³/mol. The van der Waals surface area contributed by atoms with Gasteiger partial charge in [-0.15, -0.1) is 11.6 Å². The lowest BCUT2D eigenvalue weighted by Crippen LogP contribution is -2.69. The first-order valence-corrected chi connectivity index (χ1v) is 19.5. The minimum absolute atomic E-state index is 0.0333. The summed E-state index contributed by atoms with van der Waals surface area (Å²) in [6.45, 7) is 11.4. The van der Waals surface area contributed by atoms with E-state index in [9.17, 15) is 29.1 Å². The van der Waals surface area contributed by atoms with E-state index in [1.807, 2.05) is 51.1 Å². The molecule has 3 fully saturated rings. The number of hydrogen-bond acceptors (Lipinski definition) is 10. The number of fused-ring (bicyclic) bond motifs is 5. The number of benzene rings is 1. The molecule has 2 amide bonds. The molecule has 3 saturated carbocycles. The van der Waals surface area contributed by atoms with Gasteiger partial charge < -0.3 is 34.9 Å². The number of allylic oxidation sites excluding steroid dienone is 4. The number of alkyl halides is 1. The minimum Gasteiger partial charge on any atom is -0.450 e. The lowest BCUT2D eigenvalue weighted by Gasteiger charge is -2.64. The fourth-order valence-electron chi connectivity index (χ4n) is 9.82. The first-order chi connectivity index (χ1) is 25.4. The molecule has 4 aliphatic rings. The van der Waals surface area contributed by atoms with Crippen LogP contribution in [-0.2, 0) is 35.2 Å². The summed E-state index contributed by atoms with van der Waals surface area (Å²) in [5.74, 6) is -2.15. The Morgan fingerprint density at radius 2 is 1.80 bits per heavy atom. The van der Waals surface area contributed by atoms with Gasteiger partial charge in [-0.25, -0.2) is 9.59 Å². The van der Waals surface area contributed by atoms with Gasteiger partial charge in [-0.2, -0.15) is 0 Å². The Labute approximate surface area is 323 Å². The fraction of sp³-hybridized carbons (Fsp3) is 0.634. The zero-order valence-corrected chi connectivity index (χ0v) is 33.3. The van der Waals surface area contributed by atoms with Crippen molar-refractivity contribution in [3.63, 3.8) is 0 Å². The zero-order valence-electron chi connectivity index (χ0n) is 32.5. The third kappa shape index (κ3) is 7.40. The molecule has 0 radical (unpaired) electrons. The van der Waals surface area contributed by atoms with Crippen molar-refractivity contribution in [2.45, 2.75) is 109 Å². The molecule has 1 unspecified atom stereocenters. The third-order valence-corrected chi connectivity index (χ3v) is 13.4. The smallest absolute Gasteiger partial charge is 0.409 e. The van der Waals surface area contributed by atoms with Gasteiger partial charge in [0, 0.05) is 55.0 Å². The van der Waals surface area contributed by atoms with Crippen molar-refractivity contribution in [3.05, 3.63) is 53.6 Å². The summed E-state index contributed by atoms with van der Waals surface area (Å²) < 4.78 is 17.0. The normalized spacial score (nSPS) is 32.4. The number of carbonyl (C=O) groups is 5. The second-order valence-electron chi connectivity index (χ2n) is 16.2. The molecule has 54 heavy (non-hydrogen) atoms. The minimum atomic E-state index is -1.67. The first-order valence-electron chi connectivity index (χ1n) is 19.1. The Kier molecular flexibility index (Phi) is 12.3. The van der Waals surface area contributed by atoms with Crippen molar-refractivity contribution < 1.29 is 43.3 Å². The summed E-state index contributed by atoms with van der Waals surface area (Å²) in [4.78, 5) is 65.3. The number of aliphatic hydroxyl groups is 1. The van der Waals surface area contributed by atoms with E-state index in [0.29, 0.717) is 38.3 Å². The van der Waals surface area contributed by atoms with E-state index in [1.54, 1.807) is 20.0 Å². The Morgan fingerprint density at radius 1 is 1.09 bits per heavy atom. The van der Waals surface area contributed by atoms with Crippen LogP contribution in [0, 0.1) is 28.6 Å². The highest BCUT2D eigenvalue weighted by molar-refractivity contribution is 6.26. The van der Waals surface area contributed by atoms with Gasteiger partial charge in [0.05, 0.1) is 11.0 Å². The molecule has 4 aliphatic carbocycles. The number of nitrogens with zero attached hydrogens (tertiary/aromatic N) is 1. The van der Waals surface area contributed by atoms with Gasteiger partial charge in [0.1, 0.15) is 6.61 Å². The monoisotopic (exact) mass is 769 g/mol. The molecule has 0 saturated heterocycles. The summed E-state index contributed by atoms with van der Waals surface area (Å²) in [5.41, 5.74) is -0.741. The SMILES string of the molecule is CCC(=O)O[C@]1(C(=O)COC(=O)NCCCN(C)C(=O)OCc2ccc(NC(C)C)cc2)[C@@H](C)CC2[C@@H]3CCC4=CC(=O)C=C[C@]4(C)[C@@]3(Cl)[C@@H](O)C[C@@]21C. The Bertz CT molecular complexity index is 1680. The number of aliphatic hydroxyl groups excluding tert-OH is 1. The summed E-state index contributed by atoms with van der Waals surface area (Å²) >= 11 is 7.58. The second kappa shape index (κ2) is 16.1. The van der Waals surface area contributed by atoms with Crippen molar-refractivity contribution in [2.75, 3.05) is 32.1 Å². The number of nitrogens with one attached hydrogen (secondary N) is 2. The number of carbonyl (C=O) groups excluding carboxylic acids is 5. The summed E-state index contributed by atoms with van der Waals surface area (Å²) in [5, 5.41) is 17.9. The van der Waals surface area contributed by atoms with E-state index >= 15 is 0 Å². The highest BCUT2D eigenvalue weighted by Gasteiger charge is 2.76. The van der Waals surface area contributed by atoms with Crippen molar-refractivity contribution in [3.8, 4) is 0 Å². The van der Waals surface area contributed by atoms with E-state index in [0.717, 1.165) is 16.8 Å². The summed E-state index contributed by atoms with van der Waals surface area (Å²) in [6.07, 6.45) is 4.73. The molecular formula is C41H56ClN3O9. The highest BCUT2D eigenvalue weighted by Crippen LogP contribution is 2.72. The highest BCUT2D eigenvalue weighted by atomic mass is 35.5. The zero-order chi connectivity index (χ0) is 39.6. The lowest BCUT2D eigenvalue weighted by molar-refractivity contribution is -0.202. The van der Waals surface area contributed by atoms with Crippen LogP contribution in [0.5, 0.6) is 0 Å². The predicted octanol–water partition coefficient (Wildman–Crippen LogP) is 6.34. The Balaban J connectivity index is 1.18. The maximum Gasteiger partial charge on any atom is 0.409 e. The number of ketones is 2. The molecule has 0 bridgehead atoms. The third-order valence-electron chi connectivity index (χ3n) is 12.5. The average molecular weight is 770 g/mol. The Morgan fingerprint density at radius 3 is 2.46 bits per heavy atom. The van der Waals surface area contributed by atoms with Gasteiger partial charge >= 0.3 is 18.2 Å². The molecular weight excluding hydrogens is 714 g/mol. The van der Waals surface area contributed by atoms with Crippen molar-refractivity contribution >= 4 is 47.0 Å². The molecule has 5 rings (SSSR count). The van der Waals surface area contributed by atoms with Crippen molar-refractivity contribution in [1.82, 2.24) is 10.2 Å². The van der Waals surface area contributed by atoms with Crippen LogP contribution in [0.25, 0.3) is 0 Å². The van der Waals surface area contributed by atoms with Gasteiger partial charge in [-0.05, 0) is 87.6 Å². The summed E-state index contributed by atoms with van der Waals surface area (Å²) in [7, 11) is 1.61. The molecule has 0 aromatic heterocycles. The molecule has 0 aliphatic heterocycles. The number of ether oxygens (including phenoxy) is 3. The number of rotatable bonds is 13. The molecule has 3 N–H and O–H groups in total. The molecule has 12 nitrogen and oxygen atoms in total. The van der Waals surface area contributed by atoms with E-state index in [2.05, 4.69) is 24.5 Å². The van der Waals surface area contributed by atoms with Gasteiger partial charge in [-0.3, -0.25) is 14.4 Å². The van der Waals surface area contributed by atoms with Crippen LogP contribution in [0.3, 0.4) is 0 Å². The molecule has 296 valence electrons. The molecule has 1 aromatic rings. The number of anilines is 1. The second-order valence-corrected chi connectivity index (χ2v) is 16.8. The van der Waals surface area contributed by atoms with Gasteiger partial charge in [0.15, 0.2) is 18.0 Å². The standard InChI is InChI=1S/C41H56ClN3O9/c1-8-35(49)54-41(26(4)20-32-31-15-12-28-21-30(46)16-17-38(28,5)40(31,42)33(47)22-39(32,41)6)34(48)24-52-36(50)43-18-9-19-45(7)37(51)53-23-27-10-13-29(14-11-27)44-25(2)3/h10-11,13-14,16-17,21,25-26,31-33,44,47H,8-9,12,15,18-20,22-24H2,1-7H3,(H,43,50)/t26-,31-,32?,33-,38-,39-,40-,41-/m0/s1. The average Bonchev–Trinajstić information content (AvgIpc) is 3.34. The van der Waals surface area contributed by atoms with Crippen molar-refractivity contribution in [2.24, 2.45) is 28.6 Å². The quantitative estimate of drug-likeness (QED) is 0.0895. The number of hydrogen-bond donors (Lipinski definition) is 3. The van der Waals surface area contributed by atoms with Crippen molar-refractivity contribution in [1.29, 1.82) is 0 Å². The maximum absolute atomic E-state index is 14.4. The van der Waals surface area contributed by atoms with E-state index < -0.39 is 63.9 Å². The topological polar surface area (TPSA) is 161 Å². The summed E-state index contributed by atoms with van der Waals surface area (Å²) in [6, 6.07) is 7.96. The van der Waals surface area contributed by atoms with Crippen LogP contribution in [-0.4, -0.2) is 89.1 Å². The number of amides is 2. The fourth-order valence-corrected chi connectivity index (χ4v) is 10.3. The van der Waals surface area contributed by atoms with Crippen LogP contribution >= 0.6 is 11.6 Å². The van der Waals surface area contributed by atoms with Gasteiger partial charge in [0.2, 0.25) is 5.78 Å². The molecule has 13 heteroatoms. The van der Waals surface area contributed by atoms with Gasteiger partial charge in [0.25, 0.3) is 0 Å². The van der Waals surface area contributed by atoms with Crippen LogP contribution in [0.1, 0.15) is 85.6 Å². The van der Waals surface area contributed by atoms with Crippen LogP contribution < -0.4 is 10.6 Å². The van der Waals surface area contributed by atoms with E-state index in [-0.39, 0.29) is 43.6 Å². The van der Waals surface area contributed by atoms with Crippen LogP contribution in [0.4, 0.5) is 15.3 Å². The molecule has 0 heterocycles.